The Balaban J connectivity index is 1.87. The highest BCUT2D eigenvalue weighted by Crippen LogP contribution is 2.55. The predicted molar refractivity (Wildman–Crippen MR) is 55.6 cm³/mol. The van der Waals surface area contributed by atoms with Gasteiger partial charge in [-0.3, -0.25) is 4.79 Å². The Labute approximate surface area is 85.6 Å². The molecule has 0 heterocycles. The van der Waals surface area contributed by atoms with E-state index < -0.39 is 0 Å². The molecule has 2 aliphatic rings. The van der Waals surface area contributed by atoms with Crippen LogP contribution >= 0.6 is 0 Å². The largest absolute Gasteiger partial charge is 0.344 e. The maximum atomic E-state index is 11.9. The van der Waals surface area contributed by atoms with Crippen molar-refractivity contribution in [3.05, 3.63) is 0 Å². The van der Waals surface area contributed by atoms with Gasteiger partial charge in [-0.1, -0.05) is 12.8 Å². The number of amides is 1. The number of likely N-dealkylation sites (N-methyl/N-ethyl adjacent to an activating group) is 1. The summed E-state index contributed by atoms with van der Waals surface area (Å²) in [6, 6.07) is 0. The molecule has 1 amide bonds. The molecule has 14 heavy (non-hydrogen) atoms. The van der Waals surface area contributed by atoms with Crippen molar-refractivity contribution >= 4 is 5.91 Å². The summed E-state index contributed by atoms with van der Waals surface area (Å²) in [5.74, 6) is 2.13. The molecule has 2 aliphatic carbocycles. The van der Waals surface area contributed by atoms with E-state index in [-0.39, 0.29) is 0 Å². The standard InChI is InChI=1S/C11H20N2O/c1-13(7-6-12)11(14)10-8-4-2-3-5-9(8)10/h8-10H,2-7,12H2,1H3. The summed E-state index contributed by atoms with van der Waals surface area (Å²) in [5.41, 5.74) is 5.44. The van der Waals surface area contributed by atoms with Crippen molar-refractivity contribution in [2.24, 2.45) is 23.5 Å². The molecule has 0 bridgehead atoms. The summed E-state index contributed by atoms with van der Waals surface area (Å²) >= 11 is 0. The first-order valence-corrected chi connectivity index (χ1v) is 5.70. The summed E-state index contributed by atoms with van der Waals surface area (Å²) in [7, 11) is 1.87. The van der Waals surface area contributed by atoms with E-state index in [1.54, 1.807) is 0 Å². The van der Waals surface area contributed by atoms with Gasteiger partial charge < -0.3 is 10.6 Å². The Bertz CT molecular complexity index is 217. The quantitative estimate of drug-likeness (QED) is 0.727. The third-order valence-corrected chi connectivity index (χ3v) is 3.78. The number of carbonyl (C=O) groups is 1. The van der Waals surface area contributed by atoms with Gasteiger partial charge in [0.2, 0.25) is 5.91 Å². The van der Waals surface area contributed by atoms with E-state index in [0.29, 0.717) is 24.9 Å². The van der Waals surface area contributed by atoms with Crippen LogP contribution in [0.1, 0.15) is 25.7 Å². The molecule has 0 spiro atoms. The van der Waals surface area contributed by atoms with E-state index in [0.717, 1.165) is 11.8 Å². The molecule has 80 valence electrons. The first kappa shape index (κ1) is 9.97. The van der Waals surface area contributed by atoms with Crippen molar-refractivity contribution in [3.8, 4) is 0 Å². The maximum Gasteiger partial charge on any atom is 0.226 e. The average molecular weight is 196 g/mol. The second kappa shape index (κ2) is 3.89. The van der Waals surface area contributed by atoms with Crippen molar-refractivity contribution in [3.63, 3.8) is 0 Å². The van der Waals surface area contributed by atoms with E-state index in [2.05, 4.69) is 0 Å². The summed E-state index contributed by atoms with van der Waals surface area (Å²) in [6.45, 7) is 1.28. The Hall–Kier alpha value is -0.570. The summed E-state index contributed by atoms with van der Waals surface area (Å²) in [4.78, 5) is 13.7. The van der Waals surface area contributed by atoms with Crippen LogP contribution in [0.25, 0.3) is 0 Å². The molecule has 2 saturated carbocycles. The molecular weight excluding hydrogens is 176 g/mol. The lowest BCUT2D eigenvalue weighted by Crippen LogP contribution is -2.33. The SMILES string of the molecule is CN(CCN)C(=O)C1C2CCCCC21. The average Bonchev–Trinajstić information content (AvgIpc) is 2.91. The van der Waals surface area contributed by atoms with E-state index in [1.165, 1.54) is 25.7 Å². The Morgan fingerprint density at radius 2 is 1.93 bits per heavy atom. The Morgan fingerprint density at radius 3 is 2.43 bits per heavy atom. The molecule has 2 rings (SSSR count). The number of hydrogen-bond donors (Lipinski definition) is 1. The van der Waals surface area contributed by atoms with Crippen LogP contribution in [0.3, 0.4) is 0 Å². The Kier molecular flexibility index (Phi) is 2.77. The van der Waals surface area contributed by atoms with Gasteiger partial charge in [-0.15, -0.1) is 0 Å². The first-order chi connectivity index (χ1) is 6.75. The van der Waals surface area contributed by atoms with Gasteiger partial charge >= 0.3 is 0 Å². The minimum absolute atomic E-state index is 0.340. The molecule has 2 fully saturated rings. The molecule has 0 aromatic carbocycles. The second-order valence-corrected chi connectivity index (χ2v) is 4.69. The zero-order valence-corrected chi connectivity index (χ0v) is 8.91. The van der Waals surface area contributed by atoms with Crippen LogP contribution in [0.5, 0.6) is 0 Å². The molecule has 0 aliphatic heterocycles. The lowest BCUT2D eigenvalue weighted by atomic mass is 10.0. The highest BCUT2D eigenvalue weighted by molar-refractivity contribution is 5.82. The second-order valence-electron chi connectivity index (χ2n) is 4.69. The van der Waals surface area contributed by atoms with Gasteiger partial charge in [0.05, 0.1) is 0 Å². The van der Waals surface area contributed by atoms with Gasteiger partial charge in [0.15, 0.2) is 0 Å². The van der Waals surface area contributed by atoms with Crippen LogP contribution < -0.4 is 5.73 Å². The fraction of sp³-hybridized carbons (Fsp3) is 0.909. The van der Waals surface area contributed by atoms with Gasteiger partial charge in [-0.05, 0) is 24.7 Å². The molecule has 2 N–H and O–H groups in total. The summed E-state index contributed by atoms with van der Waals surface area (Å²) in [5, 5.41) is 0. The number of hydrogen-bond acceptors (Lipinski definition) is 2. The van der Waals surface area contributed by atoms with E-state index in [9.17, 15) is 4.79 Å². The van der Waals surface area contributed by atoms with E-state index in [4.69, 9.17) is 5.73 Å². The number of nitrogens with zero attached hydrogens (tertiary/aromatic N) is 1. The summed E-state index contributed by atoms with van der Waals surface area (Å²) < 4.78 is 0. The van der Waals surface area contributed by atoms with Crippen molar-refractivity contribution in [2.75, 3.05) is 20.1 Å². The minimum Gasteiger partial charge on any atom is -0.344 e. The lowest BCUT2D eigenvalue weighted by Gasteiger charge is -2.15. The number of nitrogens with two attached hydrogens (primary N) is 1. The molecule has 2 unspecified atom stereocenters. The van der Waals surface area contributed by atoms with Crippen molar-refractivity contribution in [1.82, 2.24) is 4.90 Å². The zero-order valence-electron chi connectivity index (χ0n) is 8.91. The molecule has 3 heteroatoms. The van der Waals surface area contributed by atoms with Crippen molar-refractivity contribution in [1.29, 1.82) is 0 Å². The van der Waals surface area contributed by atoms with Crippen LogP contribution in [0, 0.1) is 17.8 Å². The third-order valence-electron chi connectivity index (χ3n) is 3.78. The van der Waals surface area contributed by atoms with Crippen LogP contribution in [0.15, 0.2) is 0 Å². The first-order valence-electron chi connectivity index (χ1n) is 5.70. The van der Waals surface area contributed by atoms with Gasteiger partial charge in [0.25, 0.3) is 0 Å². The molecule has 0 radical (unpaired) electrons. The molecule has 2 atom stereocenters. The van der Waals surface area contributed by atoms with Crippen LogP contribution in [0.4, 0.5) is 0 Å². The molecular formula is C11H20N2O. The van der Waals surface area contributed by atoms with Crippen LogP contribution in [-0.4, -0.2) is 30.9 Å². The van der Waals surface area contributed by atoms with Crippen LogP contribution in [-0.2, 0) is 4.79 Å². The number of fused-ring (bicyclic) bond motifs is 1. The monoisotopic (exact) mass is 196 g/mol. The van der Waals surface area contributed by atoms with E-state index in [1.807, 2.05) is 11.9 Å². The van der Waals surface area contributed by atoms with Gasteiger partial charge in [-0.25, -0.2) is 0 Å². The number of rotatable bonds is 3. The fourth-order valence-corrected chi connectivity index (χ4v) is 2.92. The highest BCUT2D eigenvalue weighted by atomic mass is 16.2. The highest BCUT2D eigenvalue weighted by Gasteiger charge is 2.55. The van der Waals surface area contributed by atoms with Crippen molar-refractivity contribution in [2.45, 2.75) is 25.7 Å². The van der Waals surface area contributed by atoms with Gasteiger partial charge in [0, 0.05) is 26.1 Å². The van der Waals surface area contributed by atoms with Gasteiger partial charge in [-0.2, -0.15) is 0 Å². The topological polar surface area (TPSA) is 46.3 Å². The van der Waals surface area contributed by atoms with Gasteiger partial charge in [0.1, 0.15) is 0 Å². The van der Waals surface area contributed by atoms with E-state index >= 15 is 0 Å². The van der Waals surface area contributed by atoms with Crippen LogP contribution in [0.2, 0.25) is 0 Å². The van der Waals surface area contributed by atoms with Crippen molar-refractivity contribution < 1.29 is 4.79 Å². The Morgan fingerprint density at radius 1 is 1.36 bits per heavy atom. The minimum atomic E-state index is 0.340. The molecule has 0 saturated heterocycles. The molecule has 0 aromatic heterocycles. The smallest absolute Gasteiger partial charge is 0.226 e. The fourth-order valence-electron chi connectivity index (χ4n) is 2.92. The molecule has 0 aromatic rings. The normalized spacial score (nSPS) is 34.9. The summed E-state index contributed by atoms with van der Waals surface area (Å²) in [6.07, 6.45) is 5.20. The lowest BCUT2D eigenvalue weighted by molar-refractivity contribution is -0.131. The number of carbonyl (C=O) groups excluding carboxylic acids is 1. The molecule has 3 nitrogen and oxygen atoms in total. The zero-order chi connectivity index (χ0) is 10.1. The predicted octanol–water partition coefficient (Wildman–Crippen LogP) is 0.840. The third kappa shape index (κ3) is 1.65. The maximum absolute atomic E-state index is 11.9.